The van der Waals surface area contributed by atoms with E-state index in [2.05, 4.69) is 22.5 Å². The number of amides is 2. The average molecular weight is 470 g/mol. The molecule has 3 aliphatic heterocycles. The summed E-state index contributed by atoms with van der Waals surface area (Å²) in [5.74, 6) is 8.15. The quantitative estimate of drug-likeness (QED) is 0.524. The molecule has 8 heteroatoms. The zero-order chi connectivity index (χ0) is 23.5. The highest BCUT2D eigenvalue weighted by Gasteiger charge is 2.61. The Morgan fingerprint density at radius 1 is 1.26 bits per heavy atom. The zero-order valence-electron chi connectivity index (χ0n) is 19.8. The number of nitrogens with zero attached hydrogens (tertiary/aromatic N) is 1. The number of ether oxygens (including phenoxy) is 2. The van der Waals surface area contributed by atoms with E-state index in [0.29, 0.717) is 25.0 Å². The van der Waals surface area contributed by atoms with Crippen LogP contribution in [0.25, 0.3) is 0 Å². The van der Waals surface area contributed by atoms with Gasteiger partial charge < -0.3 is 30.1 Å². The minimum Gasteiger partial charge on any atom is -0.387 e. The van der Waals surface area contributed by atoms with Gasteiger partial charge in [0.25, 0.3) is 5.91 Å². The summed E-state index contributed by atoms with van der Waals surface area (Å²) in [5.41, 5.74) is -0.160. The van der Waals surface area contributed by atoms with Gasteiger partial charge in [-0.2, -0.15) is 0 Å². The Morgan fingerprint density at radius 3 is 2.62 bits per heavy atom. The van der Waals surface area contributed by atoms with Crippen molar-refractivity contribution in [1.82, 2.24) is 15.5 Å². The van der Waals surface area contributed by atoms with Gasteiger partial charge >= 0.3 is 0 Å². The molecule has 4 aliphatic carbocycles. The smallest absolute Gasteiger partial charge is 0.262 e. The Kier molecular flexibility index (Phi) is 5.43. The number of carbonyl (C=O) groups is 2. The predicted molar refractivity (Wildman–Crippen MR) is 123 cm³/mol. The molecule has 0 spiro atoms. The third kappa shape index (κ3) is 3.73. The van der Waals surface area contributed by atoms with Crippen LogP contribution in [-0.4, -0.2) is 65.7 Å². The van der Waals surface area contributed by atoms with Crippen LogP contribution in [0.3, 0.4) is 0 Å². The van der Waals surface area contributed by atoms with E-state index >= 15 is 0 Å². The average Bonchev–Trinajstić information content (AvgIpc) is 3.26. The molecule has 0 aromatic carbocycles. The van der Waals surface area contributed by atoms with Gasteiger partial charge in [-0.05, 0) is 68.1 Å². The van der Waals surface area contributed by atoms with E-state index in [1.54, 1.807) is 6.20 Å². The van der Waals surface area contributed by atoms with Crippen molar-refractivity contribution in [3.63, 3.8) is 0 Å². The van der Waals surface area contributed by atoms with Crippen LogP contribution in [0.5, 0.6) is 0 Å². The first kappa shape index (κ1) is 22.4. The molecule has 2 saturated heterocycles. The van der Waals surface area contributed by atoms with E-state index in [1.165, 1.54) is 38.5 Å². The third-order valence-electron chi connectivity index (χ3n) is 9.19. The number of fused-ring (bicyclic) bond motifs is 2. The summed E-state index contributed by atoms with van der Waals surface area (Å²) in [4.78, 5) is 26.8. The predicted octanol–water partition coefficient (Wildman–Crippen LogP) is 1.25. The third-order valence-corrected chi connectivity index (χ3v) is 9.19. The standard InChI is InChI=1S/C26H35N3O5/c1-2-26-14-33-21(22(26)31)24(34-26)29-13-19(23(32)28-15-29)4-3-5-27-20(30)12-25-9-16-6-17(10-25)8-18(7-16)11-25/h13,16-18,21-22,24,31H,2,5-12,14-15H2,1H3,(H,27,30)(H,28,32)/t16?,17?,18?,21-,22?,24+,25?,26-/m0/s1. The van der Waals surface area contributed by atoms with Gasteiger partial charge in [0.2, 0.25) is 5.91 Å². The molecule has 6 bridgehead atoms. The Balaban J connectivity index is 1.05. The first-order valence-electron chi connectivity index (χ1n) is 12.9. The van der Waals surface area contributed by atoms with Crippen molar-refractivity contribution in [3.05, 3.63) is 11.8 Å². The number of aliphatic hydroxyl groups is 1. The van der Waals surface area contributed by atoms with Crippen molar-refractivity contribution in [1.29, 1.82) is 0 Å². The van der Waals surface area contributed by atoms with Crippen molar-refractivity contribution < 1.29 is 24.2 Å². The molecule has 184 valence electrons. The molecule has 8 nitrogen and oxygen atoms in total. The maximum absolute atomic E-state index is 12.7. The van der Waals surface area contributed by atoms with Gasteiger partial charge in [-0.25, -0.2) is 0 Å². The highest BCUT2D eigenvalue weighted by molar-refractivity contribution is 5.98. The second-order valence-electron chi connectivity index (χ2n) is 11.5. The van der Waals surface area contributed by atoms with E-state index in [9.17, 15) is 14.7 Å². The van der Waals surface area contributed by atoms with E-state index in [-0.39, 0.29) is 30.4 Å². The Bertz CT molecular complexity index is 932. The second kappa shape index (κ2) is 8.25. The Hall–Kier alpha value is -2.08. The molecule has 4 saturated carbocycles. The monoisotopic (exact) mass is 469 g/mol. The molecule has 7 aliphatic rings. The number of aliphatic hydroxyl groups excluding tert-OH is 1. The van der Waals surface area contributed by atoms with Crippen molar-refractivity contribution in [3.8, 4) is 11.8 Å². The van der Waals surface area contributed by atoms with E-state index < -0.39 is 24.0 Å². The fourth-order valence-corrected chi connectivity index (χ4v) is 7.99. The van der Waals surface area contributed by atoms with Crippen molar-refractivity contribution in [2.45, 2.75) is 82.3 Å². The van der Waals surface area contributed by atoms with Gasteiger partial charge in [-0.3, -0.25) is 9.59 Å². The van der Waals surface area contributed by atoms with Gasteiger partial charge in [-0.1, -0.05) is 18.8 Å². The van der Waals surface area contributed by atoms with Crippen LogP contribution in [0.15, 0.2) is 11.8 Å². The van der Waals surface area contributed by atoms with E-state index in [1.807, 2.05) is 11.8 Å². The summed E-state index contributed by atoms with van der Waals surface area (Å²) in [7, 11) is 0. The summed E-state index contributed by atoms with van der Waals surface area (Å²) in [6, 6.07) is 0. The SMILES string of the molecule is CC[C@]12CO[C@@H](C1O)[C@H](N1C=C(C#CCNC(=O)CC34CC5CC(CC(C5)C3)C4)C(=O)NC1)O2. The summed E-state index contributed by atoms with van der Waals surface area (Å²) in [6.45, 7) is 2.84. The first-order valence-corrected chi connectivity index (χ1v) is 12.9. The van der Waals surface area contributed by atoms with Crippen molar-refractivity contribution in [2.24, 2.45) is 23.2 Å². The summed E-state index contributed by atoms with van der Waals surface area (Å²) in [6.07, 6.45) is 9.07. The molecule has 4 atom stereocenters. The minimum absolute atomic E-state index is 0.0753. The molecular weight excluding hydrogens is 434 g/mol. The first-order chi connectivity index (χ1) is 16.4. The van der Waals surface area contributed by atoms with Crippen molar-refractivity contribution in [2.75, 3.05) is 19.8 Å². The minimum atomic E-state index is -0.688. The van der Waals surface area contributed by atoms with Gasteiger partial charge in [-0.15, -0.1) is 0 Å². The van der Waals surface area contributed by atoms with Crippen LogP contribution >= 0.6 is 0 Å². The molecule has 2 amide bonds. The molecule has 1 unspecified atom stereocenters. The largest absolute Gasteiger partial charge is 0.387 e. The molecule has 0 aromatic heterocycles. The number of carbonyl (C=O) groups excluding carboxylic acids is 2. The fourth-order valence-electron chi connectivity index (χ4n) is 7.99. The maximum atomic E-state index is 12.7. The summed E-state index contributed by atoms with van der Waals surface area (Å²) >= 11 is 0. The van der Waals surface area contributed by atoms with Crippen LogP contribution in [0.1, 0.15) is 58.3 Å². The van der Waals surface area contributed by atoms with E-state index in [0.717, 1.165) is 17.8 Å². The van der Waals surface area contributed by atoms with Crippen LogP contribution in [0, 0.1) is 35.0 Å². The summed E-state index contributed by atoms with van der Waals surface area (Å²) in [5, 5.41) is 16.3. The van der Waals surface area contributed by atoms with Gasteiger partial charge in [0.1, 0.15) is 23.4 Å². The topological polar surface area (TPSA) is 100 Å². The molecular formula is C26H35N3O5. The molecule has 6 fully saturated rings. The summed E-state index contributed by atoms with van der Waals surface area (Å²) < 4.78 is 11.9. The normalized spacial score (nSPS) is 43.9. The lowest BCUT2D eigenvalue weighted by Gasteiger charge is -2.56. The highest BCUT2D eigenvalue weighted by atomic mass is 16.6. The maximum Gasteiger partial charge on any atom is 0.262 e. The number of hydrogen-bond acceptors (Lipinski definition) is 6. The lowest BCUT2D eigenvalue weighted by Crippen LogP contribution is -2.51. The number of nitrogens with one attached hydrogen (secondary N) is 2. The lowest BCUT2D eigenvalue weighted by molar-refractivity contribution is -0.189. The molecule has 3 heterocycles. The van der Waals surface area contributed by atoms with Crippen LogP contribution in [-0.2, 0) is 19.1 Å². The zero-order valence-corrected chi connectivity index (χ0v) is 19.8. The van der Waals surface area contributed by atoms with Gasteiger partial charge in [0, 0.05) is 12.6 Å². The number of hydrogen-bond donors (Lipinski definition) is 3. The Morgan fingerprint density at radius 2 is 1.97 bits per heavy atom. The highest BCUT2D eigenvalue weighted by Crippen LogP contribution is 2.61. The van der Waals surface area contributed by atoms with E-state index in [4.69, 9.17) is 9.47 Å². The van der Waals surface area contributed by atoms with Gasteiger partial charge in [0.15, 0.2) is 6.23 Å². The molecule has 3 N–H and O–H groups in total. The molecule has 0 radical (unpaired) electrons. The van der Waals surface area contributed by atoms with Crippen LogP contribution in [0.4, 0.5) is 0 Å². The molecule has 7 rings (SSSR count). The fraction of sp³-hybridized carbons (Fsp3) is 0.769. The van der Waals surface area contributed by atoms with Crippen LogP contribution < -0.4 is 10.6 Å². The van der Waals surface area contributed by atoms with Gasteiger partial charge in [0.05, 0.1) is 19.8 Å². The van der Waals surface area contributed by atoms with Crippen LogP contribution in [0.2, 0.25) is 0 Å². The lowest BCUT2D eigenvalue weighted by atomic mass is 9.49. The molecule has 34 heavy (non-hydrogen) atoms. The second-order valence-corrected chi connectivity index (χ2v) is 11.5. The Labute approximate surface area is 200 Å². The molecule has 0 aromatic rings. The van der Waals surface area contributed by atoms with Crippen molar-refractivity contribution >= 4 is 11.8 Å². The number of rotatable bonds is 5.